The number of hydrogen-bond acceptors (Lipinski definition) is 3. The Morgan fingerprint density at radius 3 is 2.14 bits per heavy atom. The number of carboxylic acids is 1. The number of hydrogen-bond donors (Lipinski definition) is 1. The largest absolute Gasteiger partial charge is 0.481 e. The summed E-state index contributed by atoms with van der Waals surface area (Å²) in [6.07, 6.45) is 2.39. The smallest absolute Gasteiger partial charge is 0.314 e. The maximum absolute atomic E-state index is 14.3. The van der Waals surface area contributed by atoms with Gasteiger partial charge in [-0.15, -0.1) is 0 Å². The van der Waals surface area contributed by atoms with Crippen molar-refractivity contribution in [1.82, 2.24) is 0 Å². The lowest BCUT2D eigenvalue weighted by Crippen LogP contribution is -2.39. The Morgan fingerprint density at radius 2 is 1.68 bits per heavy atom. The molecule has 0 radical (unpaired) electrons. The van der Waals surface area contributed by atoms with E-state index in [2.05, 4.69) is 0 Å². The van der Waals surface area contributed by atoms with Gasteiger partial charge in [-0.25, -0.2) is 21.6 Å². The summed E-state index contributed by atoms with van der Waals surface area (Å²) >= 11 is 0. The van der Waals surface area contributed by atoms with Gasteiger partial charge in [0.05, 0.1) is 5.41 Å². The van der Waals surface area contributed by atoms with E-state index in [1.54, 1.807) is 0 Å². The van der Waals surface area contributed by atoms with Crippen LogP contribution in [0.1, 0.15) is 37.7 Å². The Hall–Kier alpha value is -1.57. The molecule has 1 aliphatic carbocycles. The van der Waals surface area contributed by atoms with Crippen LogP contribution in [0.2, 0.25) is 0 Å². The second-order valence-electron chi connectivity index (χ2n) is 5.58. The lowest BCUT2D eigenvalue weighted by molar-refractivity contribution is -0.145. The van der Waals surface area contributed by atoms with Crippen LogP contribution in [-0.2, 0) is 20.0 Å². The molecule has 4 nitrogen and oxygen atoms in total. The average molecular weight is 336 g/mol. The van der Waals surface area contributed by atoms with Crippen molar-refractivity contribution in [3.05, 3.63) is 29.1 Å². The Bertz CT molecular complexity index is 722. The zero-order chi connectivity index (χ0) is 16.7. The van der Waals surface area contributed by atoms with E-state index in [0.29, 0.717) is 25.2 Å². The van der Waals surface area contributed by atoms with E-state index in [9.17, 15) is 31.5 Å². The summed E-state index contributed by atoms with van der Waals surface area (Å²) in [5.41, 5.74) is -2.35. The van der Waals surface area contributed by atoms with Gasteiger partial charge in [-0.05, 0) is 18.9 Å². The van der Waals surface area contributed by atoms with Crippen LogP contribution in [0, 0.1) is 17.5 Å². The molecule has 8 heteroatoms. The number of aliphatic carboxylic acids is 1. The van der Waals surface area contributed by atoms with Crippen molar-refractivity contribution >= 4 is 15.8 Å². The zero-order valence-electron chi connectivity index (χ0n) is 11.8. The fraction of sp³-hybridized carbons (Fsp3) is 0.500. The van der Waals surface area contributed by atoms with Crippen molar-refractivity contribution in [3.8, 4) is 0 Å². The number of benzene rings is 1. The maximum atomic E-state index is 14.3. The summed E-state index contributed by atoms with van der Waals surface area (Å²) in [4.78, 5) is 10.2. The maximum Gasteiger partial charge on any atom is 0.314 e. The van der Waals surface area contributed by atoms with Crippen LogP contribution in [-0.4, -0.2) is 25.7 Å². The molecule has 0 aliphatic heterocycles. The molecule has 0 amide bonds. The van der Waals surface area contributed by atoms with Gasteiger partial charge in [-0.3, -0.25) is 4.79 Å². The van der Waals surface area contributed by atoms with Gasteiger partial charge >= 0.3 is 5.97 Å². The van der Waals surface area contributed by atoms with Crippen molar-refractivity contribution in [2.75, 3.05) is 6.26 Å². The molecule has 1 aliphatic rings. The van der Waals surface area contributed by atoms with E-state index in [1.165, 1.54) is 0 Å². The molecule has 0 bridgehead atoms. The van der Waals surface area contributed by atoms with Crippen molar-refractivity contribution < 1.29 is 31.5 Å². The van der Waals surface area contributed by atoms with Gasteiger partial charge in [0.2, 0.25) is 0 Å². The Balaban J connectivity index is 2.74. The fourth-order valence-electron chi connectivity index (χ4n) is 3.02. The van der Waals surface area contributed by atoms with Crippen LogP contribution in [0.25, 0.3) is 0 Å². The molecule has 1 fully saturated rings. The molecule has 0 spiro atoms. The highest BCUT2D eigenvalue weighted by Crippen LogP contribution is 2.42. The third-order valence-corrected chi connectivity index (χ3v) is 5.24. The monoisotopic (exact) mass is 336 g/mol. The van der Waals surface area contributed by atoms with Gasteiger partial charge in [-0.1, -0.05) is 19.3 Å². The minimum Gasteiger partial charge on any atom is -0.481 e. The van der Waals surface area contributed by atoms with Crippen LogP contribution in [0.15, 0.2) is 11.0 Å². The zero-order valence-corrected chi connectivity index (χ0v) is 12.6. The molecule has 1 aromatic rings. The third-order valence-electron chi connectivity index (χ3n) is 4.12. The molecule has 22 heavy (non-hydrogen) atoms. The number of carboxylic acid groups (broad SMARTS) is 1. The molecule has 1 aromatic carbocycles. The molecule has 122 valence electrons. The van der Waals surface area contributed by atoms with E-state index >= 15 is 0 Å². The van der Waals surface area contributed by atoms with Crippen LogP contribution in [0.3, 0.4) is 0 Å². The second kappa shape index (κ2) is 5.57. The number of halogens is 3. The predicted molar refractivity (Wildman–Crippen MR) is 71.8 cm³/mol. The van der Waals surface area contributed by atoms with Crippen molar-refractivity contribution in [1.29, 1.82) is 0 Å². The molecule has 0 aromatic heterocycles. The number of rotatable bonds is 3. The third kappa shape index (κ3) is 2.60. The Morgan fingerprint density at radius 1 is 1.14 bits per heavy atom. The van der Waals surface area contributed by atoms with Gasteiger partial charge in [0.1, 0.15) is 10.7 Å². The predicted octanol–water partition coefficient (Wildman–Crippen LogP) is 2.79. The molecule has 0 unspecified atom stereocenters. The van der Waals surface area contributed by atoms with Gasteiger partial charge in [0.25, 0.3) is 0 Å². The van der Waals surface area contributed by atoms with Gasteiger partial charge < -0.3 is 5.11 Å². The van der Waals surface area contributed by atoms with Gasteiger partial charge in [0, 0.05) is 11.8 Å². The minimum absolute atomic E-state index is 0.0519. The molecular formula is C14H15F3O4S. The Labute approximate surface area is 125 Å². The Kier molecular flexibility index (Phi) is 4.25. The van der Waals surface area contributed by atoms with E-state index < -0.39 is 49.1 Å². The molecule has 0 saturated heterocycles. The molecular weight excluding hydrogens is 321 g/mol. The fourth-order valence-corrected chi connectivity index (χ4v) is 3.85. The molecule has 0 atom stereocenters. The normalized spacial score (nSPS) is 18.2. The van der Waals surface area contributed by atoms with Crippen molar-refractivity contribution in [3.63, 3.8) is 0 Å². The standard InChI is InChI=1S/C14H15F3O4S/c1-22(20,21)12-9(15)7-8(10(16)11(12)17)14(13(18)19)5-3-2-4-6-14/h7H,2-6H2,1H3,(H,18,19). The molecule has 1 N–H and O–H groups in total. The second-order valence-corrected chi connectivity index (χ2v) is 7.54. The summed E-state index contributed by atoms with van der Waals surface area (Å²) in [6, 6.07) is 0.508. The molecule has 1 saturated carbocycles. The summed E-state index contributed by atoms with van der Waals surface area (Å²) in [7, 11) is -4.31. The first-order valence-corrected chi connectivity index (χ1v) is 8.62. The van der Waals surface area contributed by atoms with Crippen LogP contribution < -0.4 is 0 Å². The first-order valence-electron chi connectivity index (χ1n) is 6.72. The van der Waals surface area contributed by atoms with Crippen LogP contribution >= 0.6 is 0 Å². The van der Waals surface area contributed by atoms with Gasteiger partial charge in [0.15, 0.2) is 21.5 Å². The molecule has 2 rings (SSSR count). The summed E-state index contributed by atoms with van der Waals surface area (Å²) < 4.78 is 65.0. The summed E-state index contributed by atoms with van der Waals surface area (Å²) in [5.74, 6) is -6.30. The van der Waals surface area contributed by atoms with Crippen molar-refractivity contribution in [2.24, 2.45) is 0 Å². The SMILES string of the molecule is CS(=O)(=O)c1c(F)cc(C2(C(=O)O)CCCCC2)c(F)c1F. The lowest BCUT2D eigenvalue weighted by Gasteiger charge is -2.34. The van der Waals surface area contributed by atoms with E-state index in [-0.39, 0.29) is 12.8 Å². The van der Waals surface area contributed by atoms with Gasteiger partial charge in [-0.2, -0.15) is 0 Å². The summed E-state index contributed by atoms with van der Waals surface area (Å²) in [6.45, 7) is 0. The number of sulfone groups is 1. The highest BCUT2D eigenvalue weighted by molar-refractivity contribution is 7.90. The van der Waals surface area contributed by atoms with E-state index in [4.69, 9.17) is 0 Å². The lowest BCUT2D eigenvalue weighted by atomic mass is 9.69. The first kappa shape index (κ1) is 16.8. The molecule has 0 heterocycles. The highest BCUT2D eigenvalue weighted by Gasteiger charge is 2.45. The quantitative estimate of drug-likeness (QED) is 0.862. The number of carbonyl (C=O) groups is 1. The van der Waals surface area contributed by atoms with Crippen molar-refractivity contribution in [2.45, 2.75) is 42.4 Å². The minimum atomic E-state index is -4.31. The van der Waals surface area contributed by atoms with Crippen LogP contribution in [0.5, 0.6) is 0 Å². The van der Waals surface area contributed by atoms with Crippen LogP contribution in [0.4, 0.5) is 13.2 Å². The average Bonchev–Trinajstić information content (AvgIpc) is 2.42. The van der Waals surface area contributed by atoms with E-state index in [0.717, 1.165) is 6.42 Å². The summed E-state index contributed by atoms with van der Waals surface area (Å²) in [5, 5.41) is 9.45. The van der Waals surface area contributed by atoms with E-state index in [1.807, 2.05) is 0 Å². The highest BCUT2D eigenvalue weighted by atomic mass is 32.2. The first-order chi connectivity index (χ1) is 10.1. The topological polar surface area (TPSA) is 71.4 Å².